The molecule has 1 heterocycles. The van der Waals surface area contributed by atoms with Gasteiger partial charge in [-0.1, -0.05) is 0 Å². The minimum absolute atomic E-state index is 0.297. The average molecular weight is 250 g/mol. The number of nitrogens with zero attached hydrogens (tertiary/aromatic N) is 2. The maximum atomic E-state index is 10.4. The smallest absolute Gasteiger partial charge is 0.241 e. The Balaban J connectivity index is 1.81. The molecule has 5 nitrogen and oxygen atoms in total. The van der Waals surface area contributed by atoms with Gasteiger partial charge in [0.15, 0.2) is 0 Å². The molecule has 1 aromatic rings. The standard InChI is InChI=1S/C13H18N2O3/c1-17-10-6-14-11(13(15-10)18-2)12(16)9-4-7-3-8(7)5-9/h6-9,12,16H,3-5H2,1-2H3. The zero-order valence-corrected chi connectivity index (χ0v) is 10.7. The Hall–Kier alpha value is -1.36. The van der Waals surface area contributed by atoms with Crippen LogP contribution in [0.5, 0.6) is 11.8 Å². The molecule has 3 unspecified atom stereocenters. The van der Waals surface area contributed by atoms with Gasteiger partial charge in [-0.2, -0.15) is 4.98 Å². The van der Waals surface area contributed by atoms with Gasteiger partial charge in [0, 0.05) is 0 Å². The maximum Gasteiger partial charge on any atom is 0.241 e. The first-order valence-corrected chi connectivity index (χ1v) is 6.36. The van der Waals surface area contributed by atoms with Crippen LogP contribution in [-0.4, -0.2) is 29.3 Å². The van der Waals surface area contributed by atoms with Crippen molar-refractivity contribution < 1.29 is 14.6 Å². The lowest BCUT2D eigenvalue weighted by Gasteiger charge is -2.20. The van der Waals surface area contributed by atoms with Crippen LogP contribution in [0.4, 0.5) is 0 Å². The molecular formula is C13H18N2O3. The number of aliphatic hydroxyl groups excluding tert-OH is 1. The lowest BCUT2D eigenvalue weighted by atomic mass is 9.94. The van der Waals surface area contributed by atoms with Crippen LogP contribution in [0.3, 0.4) is 0 Å². The third kappa shape index (κ3) is 1.92. The molecule has 2 fully saturated rings. The van der Waals surface area contributed by atoms with E-state index in [0.717, 1.165) is 24.7 Å². The van der Waals surface area contributed by atoms with E-state index in [2.05, 4.69) is 9.97 Å². The number of hydrogen-bond acceptors (Lipinski definition) is 5. The van der Waals surface area contributed by atoms with Crippen molar-refractivity contribution in [2.24, 2.45) is 17.8 Å². The van der Waals surface area contributed by atoms with E-state index in [1.54, 1.807) is 0 Å². The summed E-state index contributed by atoms with van der Waals surface area (Å²) < 4.78 is 10.2. The lowest BCUT2D eigenvalue weighted by Crippen LogP contribution is -2.14. The van der Waals surface area contributed by atoms with Gasteiger partial charge in [0.1, 0.15) is 11.8 Å². The van der Waals surface area contributed by atoms with Crippen LogP contribution < -0.4 is 9.47 Å². The minimum atomic E-state index is -0.578. The van der Waals surface area contributed by atoms with Gasteiger partial charge in [-0.3, -0.25) is 0 Å². The topological polar surface area (TPSA) is 64.5 Å². The molecule has 3 rings (SSSR count). The Morgan fingerprint density at radius 2 is 1.94 bits per heavy atom. The van der Waals surface area contributed by atoms with Gasteiger partial charge in [-0.05, 0) is 37.0 Å². The molecule has 0 radical (unpaired) electrons. The Morgan fingerprint density at radius 1 is 1.22 bits per heavy atom. The summed E-state index contributed by atoms with van der Waals surface area (Å²) in [4.78, 5) is 8.41. The molecular weight excluding hydrogens is 232 g/mol. The van der Waals surface area contributed by atoms with E-state index < -0.39 is 6.10 Å². The van der Waals surface area contributed by atoms with Crippen LogP contribution in [0.2, 0.25) is 0 Å². The fourth-order valence-corrected chi connectivity index (χ4v) is 3.06. The quantitative estimate of drug-likeness (QED) is 0.878. The van der Waals surface area contributed by atoms with E-state index in [1.165, 1.54) is 26.8 Å². The van der Waals surface area contributed by atoms with Gasteiger partial charge >= 0.3 is 0 Å². The van der Waals surface area contributed by atoms with Crippen molar-refractivity contribution in [2.45, 2.75) is 25.4 Å². The van der Waals surface area contributed by atoms with Crippen LogP contribution in [0.1, 0.15) is 31.1 Å². The molecule has 0 amide bonds. The second-order valence-corrected chi connectivity index (χ2v) is 5.24. The highest BCUT2D eigenvalue weighted by Crippen LogP contribution is 2.57. The number of aromatic nitrogens is 2. The molecule has 2 aliphatic rings. The Labute approximate surface area is 106 Å². The molecule has 98 valence electrons. The first-order valence-electron chi connectivity index (χ1n) is 6.36. The van der Waals surface area contributed by atoms with Crippen molar-refractivity contribution in [3.63, 3.8) is 0 Å². The van der Waals surface area contributed by atoms with E-state index in [1.807, 2.05) is 0 Å². The molecule has 1 N–H and O–H groups in total. The van der Waals surface area contributed by atoms with Crippen molar-refractivity contribution in [3.8, 4) is 11.8 Å². The Morgan fingerprint density at radius 3 is 2.56 bits per heavy atom. The molecule has 0 aliphatic heterocycles. The summed E-state index contributed by atoms with van der Waals surface area (Å²) in [5.41, 5.74) is 0.532. The summed E-state index contributed by atoms with van der Waals surface area (Å²) >= 11 is 0. The summed E-state index contributed by atoms with van der Waals surface area (Å²) in [7, 11) is 3.07. The van der Waals surface area contributed by atoms with Gasteiger partial charge in [-0.15, -0.1) is 0 Å². The van der Waals surface area contributed by atoms with E-state index in [0.29, 0.717) is 23.4 Å². The average Bonchev–Trinajstić information content (AvgIpc) is 3.03. The highest BCUT2D eigenvalue weighted by atomic mass is 16.5. The summed E-state index contributed by atoms with van der Waals surface area (Å²) in [6.45, 7) is 0. The molecule has 5 heteroatoms. The summed E-state index contributed by atoms with van der Waals surface area (Å²) in [5.74, 6) is 2.73. The van der Waals surface area contributed by atoms with Crippen molar-refractivity contribution in [1.29, 1.82) is 0 Å². The number of rotatable bonds is 4. The number of fused-ring (bicyclic) bond motifs is 1. The minimum Gasteiger partial charge on any atom is -0.480 e. The van der Waals surface area contributed by atoms with Crippen LogP contribution in [0, 0.1) is 17.8 Å². The van der Waals surface area contributed by atoms with E-state index in [4.69, 9.17) is 9.47 Å². The zero-order valence-electron chi connectivity index (χ0n) is 10.7. The number of ether oxygens (including phenoxy) is 2. The molecule has 0 spiro atoms. The van der Waals surface area contributed by atoms with E-state index in [-0.39, 0.29) is 0 Å². The van der Waals surface area contributed by atoms with Crippen molar-refractivity contribution >= 4 is 0 Å². The summed E-state index contributed by atoms with van der Waals surface area (Å²) in [6, 6.07) is 0. The molecule has 3 atom stereocenters. The SMILES string of the molecule is COc1cnc(C(O)C2CC3CC3C2)c(OC)n1. The van der Waals surface area contributed by atoms with Gasteiger partial charge in [-0.25, -0.2) is 4.98 Å². The van der Waals surface area contributed by atoms with Crippen molar-refractivity contribution in [2.75, 3.05) is 14.2 Å². The largest absolute Gasteiger partial charge is 0.480 e. The lowest BCUT2D eigenvalue weighted by molar-refractivity contribution is 0.0961. The predicted octanol–water partition coefficient (Wildman–Crippen LogP) is 1.57. The first-order chi connectivity index (χ1) is 8.72. The Kier molecular flexibility index (Phi) is 2.86. The zero-order chi connectivity index (χ0) is 12.7. The normalized spacial score (nSPS) is 30.7. The molecule has 0 bridgehead atoms. The Bertz CT molecular complexity index is 442. The summed E-state index contributed by atoms with van der Waals surface area (Å²) in [5, 5.41) is 10.4. The monoisotopic (exact) mass is 250 g/mol. The predicted molar refractivity (Wildman–Crippen MR) is 64.4 cm³/mol. The van der Waals surface area contributed by atoms with Gasteiger partial charge < -0.3 is 14.6 Å². The van der Waals surface area contributed by atoms with Gasteiger partial charge in [0.2, 0.25) is 11.8 Å². The molecule has 0 saturated heterocycles. The van der Waals surface area contributed by atoms with Gasteiger partial charge in [0.05, 0.1) is 20.4 Å². The van der Waals surface area contributed by atoms with Crippen molar-refractivity contribution in [1.82, 2.24) is 9.97 Å². The first kappa shape index (κ1) is 11.7. The van der Waals surface area contributed by atoms with Crippen molar-refractivity contribution in [3.05, 3.63) is 11.9 Å². The third-order valence-electron chi connectivity index (χ3n) is 4.15. The number of hydrogen-bond donors (Lipinski definition) is 1. The van der Waals surface area contributed by atoms with E-state index in [9.17, 15) is 5.11 Å². The van der Waals surface area contributed by atoms with Crippen LogP contribution in [0.25, 0.3) is 0 Å². The highest BCUT2D eigenvalue weighted by Gasteiger charge is 2.48. The fourth-order valence-electron chi connectivity index (χ4n) is 3.06. The number of methoxy groups -OCH3 is 2. The maximum absolute atomic E-state index is 10.4. The van der Waals surface area contributed by atoms with Crippen LogP contribution in [-0.2, 0) is 0 Å². The third-order valence-corrected chi connectivity index (χ3v) is 4.15. The number of aliphatic hydroxyl groups is 1. The molecule has 18 heavy (non-hydrogen) atoms. The van der Waals surface area contributed by atoms with Gasteiger partial charge in [0.25, 0.3) is 0 Å². The second-order valence-electron chi connectivity index (χ2n) is 5.24. The van der Waals surface area contributed by atoms with E-state index >= 15 is 0 Å². The highest BCUT2D eigenvalue weighted by molar-refractivity contribution is 5.25. The van der Waals surface area contributed by atoms with Crippen LogP contribution in [0.15, 0.2) is 6.20 Å². The molecule has 1 aromatic heterocycles. The second kappa shape index (κ2) is 4.39. The molecule has 2 aliphatic carbocycles. The molecule has 2 saturated carbocycles. The summed E-state index contributed by atoms with van der Waals surface area (Å²) in [6.07, 6.45) is 4.49. The fraction of sp³-hybridized carbons (Fsp3) is 0.692. The van der Waals surface area contributed by atoms with Crippen LogP contribution >= 0.6 is 0 Å². The molecule has 0 aromatic carbocycles.